The summed E-state index contributed by atoms with van der Waals surface area (Å²) < 4.78 is 12.8. The van der Waals surface area contributed by atoms with E-state index in [2.05, 4.69) is 0 Å². The first-order chi connectivity index (χ1) is 6.56. The molecule has 0 saturated carbocycles. The van der Waals surface area contributed by atoms with Gasteiger partial charge in [-0.1, -0.05) is 11.6 Å². The molecular weight excluding hydrogens is 209 g/mol. The van der Waals surface area contributed by atoms with Gasteiger partial charge in [-0.25, -0.2) is 4.39 Å². The average Bonchev–Trinajstić information content (AvgIpc) is 2.11. The second-order valence-electron chi connectivity index (χ2n) is 2.94. The number of halogens is 2. The van der Waals surface area contributed by atoms with Crippen LogP contribution in [0.4, 0.5) is 4.39 Å². The van der Waals surface area contributed by atoms with E-state index in [1.807, 2.05) is 0 Å². The number of aromatic hydroxyl groups is 1. The first-order valence-electron chi connectivity index (χ1n) is 4.10. The molecule has 0 aliphatic rings. The molecule has 0 aromatic heterocycles. The Morgan fingerprint density at radius 2 is 2.14 bits per heavy atom. The van der Waals surface area contributed by atoms with Gasteiger partial charge in [-0.15, -0.1) is 0 Å². The van der Waals surface area contributed by atoms with Crippen molar-refractivity contribution < 1.29 is 14.6 Å². The average molecular weight is 220 g/mol. The fraction of sp³-hybridized carbons (Fsp3) is 0.333. The normalized spacial score (nSPS) is 12.9. The molecule has 4 N–H and O–H groups in total. The van der Waals surface area contributed by atoms with Crippen LogP contribution in [0, 0.1) is 5.82 Å². The molecule has 1 rings (SSSR count). The van der Waals surface area contributed by atoms with Gasteiger partial charge in [0.05, 0.1) is 5.02 Å². The molecule has 1 atom stereocenters. The number of nitrogens with two attached hydrogens (primary N) is 1. The van der Waals surface area contributed by atoms with Gasteiger partial charge in [-0.3, -0.25) is 0 Å². The highest BCUT2D eigenvalue weighted by Gasteiger charge is 2.13. The zero-order valence-electron chi connectivity index (χ0n) is 7.37. The summed E-state index contributed by atoms with van der Waals surface area (Å²) in [4.78, 5) is 0. The first-order valence-corrected chi connectivity index (χ1v) is 4.48. The molecule has 0 heterocycles. The monoisotopic (exact) mass is 219 g/mol. The molecule has 0 fully saturated rings. The lowest BCUT2D eigenvalue weighted by molar-refractivity contribution is 0.275. The van der Waals surface area contributed by atoms with Crippen LogP contribution in [0.25, 0.3) is 0 Å². The maximum absolute atomic E-state index is 12.8. The van der Waals surface area contributed by atoms with Crippen LogP contribution < -0.4 is 5.73 Å². The Hall–Kier alpha value is -0.840. The summed E-state index contributed by atoms with van der Waals surface area (Å²) >= 11 is 5.53. The third-order valence-electron chi connectivity index (χ3n) is 1.91. The number of aliphatic hydroxyl groups excluding tert-OH is 1. The van der Waals surface area contributed by atoms with E-state index in [0.29, 0.717) is 5.56 Å². The number of hydrogen-bond donors (Lipinski definition) is 3. The van der Waals surface area contributed by atoms with Crippen molar-refractivity contribution in [3.8, 4) is 5.75 Å². The number of phenolic OH excluding ortho intramolecular Hbond substituents is 1. The molecule has 78 valence electrons. The van der Waals surface area contributed by atoms with Gasteiger partial charge in [0.2, 0.25) is 0 Å². The molecule has 0 aliphatic heterocycles. The van der Waals surface area contributed by atoms with E-state index in [0.717, 1.165) is 6.07 Å². The fourth-order valence-electron chi connectivity index (χ4n) is 1.14. The van der Waals surface area contributed by atoms with E-state index in [1.165, 1.54) is 6.07 Å². The van der Waals surface area contributed by atoms with Gasteiger partial charge in [0.15, 0.2) is 0 Å². The predicted octanol–water partition coefficient (Wildman–Crippen LogP) is 1.57. The lowest BCUT2D eigenvalue weighted by Crippen LogP contribution is -2.12. The zero-order chi connectivity index (χ0) is 10.7. The molecule has 0 saturated heterocycles. The van der Waals surface area contributed by atoms with Crippen molar-refractivity contribution in [3.63, 3.8) is 0 Å². The topological polar surface area (TPSA) is 66.5 Å². The van der Waals surface area contributed by atoms with Crippen molar-refractivity contribution in [2.24, 2.45) is 5.73 Å². The van der Waals surface area contributed by atoms with Gasteiger partial charge < -0.3 is 15.9 Å². The SMILES string of the molecule is NC(CCO)c1cc(Cl)c(F)cc1O. The van der Waals surface area contributed by atoms with Gasteiger partial charge in [-0.2, -0.15) is 0 Å². The van der Waals surface area contributed by atoms with Crippen molar-refractivity contribution in [1.82, 2.24) is 0 Å². The molecular formula is C9H11ClFNO2. The summed E-state index contributed by atoms with van der Waals surface area (Å²) in [6.07, 6.45) is 0.287. The Bertz CT molecular complexity index is 333. The Labute approximate surface area is 85.9 Å². The minimum Gasteiger partial charge on any atom is -0.508 e. The highest BCUT2D eigenvalue weighted by atomic mass is 35.5. The van der Waals surface area contributed by atoms with E-state index in [9.17, 15) is 9.50 Å². The summed E-state index contributed by atoms with van der Waals surface area (Å²) in [6.45, 7) is -0.102. The van der Waals surface area contributed by atoms with E-state index < -0.39 is 11.9 Å². The molecule has 0 spiro atoms. The lowest BCUT2D eigenvalue weighted by Gasteiger charge is -2.12. The summed E-state index contributed by atoms with van der Waals surface area (Å²) in [5.41, 5.74) is 5.96. The second kappa shape index (κ2) is 4.59. The molecule has 5 heteroatoms. The van der Waals surface area contributed by atoms with Crippen LogP contribution in [-0.4, -0.2) is 16.8 Å². The standard InChI is InChI=1S/C9H11ClFNO2/c10-6-3-5(8(12)1-2-13)9(14)4-7(6)11/h3-4,8,13-14H,1-2,12H2. The molecule has 0 aliphatic carbocycles. The van der Waals surface area contributed by atoms with Crippen LogP contribution in [0.5, 0.6) is 5.75 Å². The minimum absolute atomic E-state index is 0.0915. The van der Waals surface area contributed by atoms with Crippen LogP contribution in [0.3, 0.4) is 0 Å². The highest BCUT2D eigenvalue weighted by molar-refractivity contribution is 6.30. The van der Waals surface area contributed by atoms with Crippen molar-refractivity contribution in [3.05, 3.63) is 28.5 Å². The third kappa shape index (κ3) is 2.35. The Kier molecular flexibility index (Phi) is 3.69. The van der Waals surface area contributed by atoms with Crippen LogP contribution >= 0.6 is 11.6 Å². The molecule has 0 bridgehead atoms. The number of rotatable bonds is 3. The summed E-state index contributed by atoms with van der Waals surface area (Å²) in [5.74, 6) is -0.933. The molecule has 0 amide bonds. The van der Waals surface area contributed by atoms with E-state index >= 15 is 0 Å². The summed E-state index contributed by atoms with van der Waals surface area (Å²) in [6, 6.07) is 1.64. The van der Waals surface area contributed by atoms with Gasteiger partial charge in [0.1, 0.15) is 11.6 Å². The zero-order valence-corrected chi connectivity index (χ0v) is 8.13. The maximum Gasteiger partial charge on any atom is 0.145 e. The van der Waals surface area contributed by atoms with Crippen LogP contribution in [0.2, 0.25) is 5.02 Å². The van der Waals surface area contributed by atoms with Gasteiger partial charge in [0, 0.05) is 24.3 Å². The number of aliphatic hydroxyl groups is 1. The van der Waals surface area contributed by atoms with Crippen LogP contribution in [0.15, 0.2) is 12.1 Å². The minimum atomic E-state index is -0.691. The molecule has 3 nitrogen and oxygen atoms in total. The van der Waals surface area contributed by atoms with Gasteiger partial charge in [-0.05, 0) is 12.5 Å². The molecule has 1 aromatic rings. The van der Waals surface area contributed by atoms with E-state index in [-0.39, 0.29) is 23.8 Å². The highest BCUT2D eigenvalue weighted by Crippen LogP contribution is 2.29. The summed E-state index contributed by atoms with van der Waals surface area (Å²) in [7, 11) is 0. The van der Waals surface area contributed by atoms with Crippen molar-refractivity contribution >= 4 is 11.6 Å². The Morgan fingerprint density at radius 1 is 1.50 bits per heavy atom. The number of benzene rings is 1. The van der Waals surface area contributed by atoms with Crippen LogP contribution in [-0.2, 0) is 0 Å². The van der Waals surface area contributed by atoms with Crippen molar-refractivity contribution in [1.29, 1.82) is 0 Å². The Balaban J connectivity index is 3.02. The fourth-order valence-corrected chi connectivity index (χ4v) is 1.32. The molecule has 14 heavy (non-hydrogen) atoms. The number of hydrogen-bond acceptors (Lipinski definition) is 3. The van der Waals surface area contributed by atoms with Gasteiger partial charge >= 0.3 is 0 Å². The molecule has 1 aromatic carbocycles. The first kappa shape index (κ1) is 11.2. The molecule has 0 radical (unpaired) electrons. The van der Waals surface area contributed by atoms with E-state index in [1.54, 1.807) is 0 Å². The summed E-state index contributed by atoms with van der Waals surface area (Å²) in [5, 5.41) is 17.9. The third-order valence-corrected chi connectivity index (χ3v) is 2.20. The van der Waals surface area contributed by atoms with Gasteiger partial charge in [0.25, 0.3) is 0 Å². The van der Waals surface area contributed by atoms with Crippen molar-refractivity contribution in [2.45, 2.75) is 12.5 Å². The maximum atomic E-state index is 12.8. The van der Waals surface area contributed by atoms with Crippen molar-refractivity contribution in [2.75, 3.05) is 6.61 Å². The second-order valence-corrected chi connectivity index (χ2v) is 3.35. The Morgan fingerprint density at radius 3 is 2.71 bits per heavy atom. The lowest BCUT2D eigenvalue weighted by atomic mass is 10.0. The number of phenols is 1. The predicted molar refractivity (Wildman–Crippen MR) is 51.7 cm³/mol. The largest absolute Gasteiger partial charge is 0.508 e. The quantitative estimate of drug-likeness (QED) is 0.723. The smallest absolute Gasteiger partial charge is 0.145 e. The van der Waals surface area contributed by atoms with Crippen LogP contribution in [0.1, 0.15) is 18.0 Å². The molecule has 1 unspecified atom stereocenters. The van der Waals surface area contributed by atoms with E-state index in [4.69, 9.17) is 22.4 Å².